The minimum Gasteiger partial charge on any atom is -0.495 e. The molecule has 1 aliphatic rings. The van der Waals surface area contributed by atoms with Crippen LogP contribution in [0.2, 0.25) is 0 Å². The molecule has 1 heterocycles. The fraction of sp³-hybridized carbons (Fsp3) is 0.625. The molecule has 0 bridgehead atoms. The van der Waals surface area contributed by atoms with Gasteiger partial charge in [-0.2, -0.15) is 0 Å². The largest absolute Gasteiger partial charge is 0.495 e. The van der Waals surface area contributed by atoms with Crippen LogP contribution in [0.4, 0.5) is 5.69 Å². The lowest BCUT2D eigenvalue weighted by Crippen LogP contribution is -2.41. The zero-order chi connectivity index (χ0) is 14.0. The molecule has 2 rings (SSSR count). The minimum absolute atomic E-state index is 0.571. The van der Waals surface area contributed by atoms with Crippen molar-refractivity contribution in [2.24, 2.45) is 0 Å². The van der Waals surface area contributed by atoms with Gasteiger partial charge in [0.25, 0.3) is 0 Å². The van der Waals surface area contributed by atoms with Crippen LogP contribution in [0.3, 0.4) is 0 Å². The fourth-order valence-electron chi connectivity index (χ4n) is 3.35. The van der Waals surface area contributed by atoms with E-state index in [0.29, 0.717) is 18.0 Å². The topological polar surface area (TPSA) is 47.3 Å². The van der Waals surface area contributed by atoms with Crippen LogP contribution in [-0.2, 0) is 6.42 Å². The number of anilines is 1. The van der Waals surface area contributed by atoms with Crippen LogP contribution >= 0.6 is 0 Å². The molecule has 0 radical (unpaired) electrons. The van der Waals surface area contributed by atoms with Gasteiger partial charge in [-0.05, 0) is 62.3 Å². The molecule has 1 fully saturated rings. The summed E-state index contributed by atoms with van der Waals surface area (Å²) in [4.78, 5) is 0. The molecule has 106 valence electrons. The number of methoxy groups -OCH3 is 1. The second-order valence-corrected chi connectivity index (χ2v) is 5.78. The van der Waals surface area contributed by atoms with E-state index in [9.17, 15) is 0 Å². The summed E-state index contributed by atoms with van der Waals surface area (Å²) < 4.78 is 5.39. The van der Waals surface area contributed by atoms with Gasteiger partial charge in [0.15, 0.2) is 0 Å². The van der Waals surface area contributed by atoms with Crippen molar-refractivity contribution in [1.82, 2.24) is 5.32 Å². The number of hydrogen-bond donors (Lipinski definition) is 2. The second-order valence-electron chi connectivity index (χ2n) is 5.78. The van der Waals surface area contributed by atoms with Crippen molar-refractivity contribution in [3.8, 4) is 5.75 Å². The molecular weight excluding hydrogens is 236 g/mol. The first-order chi connectivity index (χ1) is 9.05. The van der Waals surface area contributed by atoms with Gasteiger partial charge in [-0.3, -0.25) is 0 Å². The third-order valence-corrected chi connectivity index (χ3v) is 4.16. The highest BCUT2D eigenvalue weighted by Crippen LogP contribution is 2.37. The molecular formula is C16H26N2O. The highest BCUT2D eigenvalue weighted by atomic mass is 16.5. The maximum Gasteiger partial charge on any atom is 0.142 e. The Morgan fingerprint density at radius 1 is 1.26 bits per heavy atom. The summed E-state index contributed by atoms with van der Waals surface area (Å²) in [5, 5.41) is 3.60. The third-order valence-electron chi connectivity index (χ3n) is 4.16. The van der Waals surface area contributed by atoms with Crippen molar-refractivity contribution in [1.29, 1.82) is 0 Å². The van der Waals surface area contributed by atoms with Crippen LogP contribution in [0.15, 0.2) is 12.1 Å². The predicted molar refractivity (Wildman–Crippen MR) is 80.8 cm³/mol. The quantitative estimate of drug-likeness (QED) is 0.823. The number of piperidine rings is 1. The van der Waals surface area contributed by atoms with Gasteiger partial charge >= 0.3 is 0 Å². The average molecular weight is 262 g/mol. The molecule has 19 heavy (non-hydrogen) atoms. The van der Waals surface area contributed by atoms with Crippen molar-refractivity contribution >= 4 is 5.69 Å². The molecule has 1 aromatic carbocycles. The summed E-state index contributed by atoms with van der Waals surface area (Å²) in [7, 11) is 1.69. The molecule has 2 unspecified atom stereocenters. The summed E-state index contributed by atoms with van der Waals surface area (Å²) in [6.07, 6.45) is 3.39. The Balaban J connectivity index is 2.36. The number of hydrogen-bond acceptors (Lipinski definition) is 3. The number of nitrogen functional groups attached to an aromatic ring is 1. The first-order valence-corrected chi connectivity index (χ1v) is 7.27. The third kappa shape index (κ3) is 3.03. The number of rotatable bonds is 3. The lowest BCUT2D eigenvalue weighted by molar-refractivity contribution is 0.315. The number of aryl methyl sites for hydroxylation is 1. The molecule has 0 spiro atoms. The highest BCUT2D eigenvalue weighted by Gasteiger charge is 2.26. The van der Waals surface area contributed by atoms with Gasteiger partial charge < -0.3 is 15.8 Å². The molecule has 0 aromatic heterocycles. The Morgan fingerprint density at radius 2 is 1.89 bits per heavy atom. The van der Waals surface area contributed by atoms with E-state index in [2.05, 4.69) is 38.2 Å². The second kappa shape index (κ2) is 5.83. The van der Waals surface area contributed by atoms with Crippen LogP contribution in [-0.4, -0.2) is 19.2 Å². The van der Waals surface area contributed by atoms with Gasteiger partial charge in [0.1, 0.15) is 5.75 Å². The Morgan fingerprint density at radius 3 is 2.42 bits per heavy atom. The zero-order valence-corrected chi connectivity index (χ0v) is 12.5. The van der Waals surface area contributed by atoms with Gasteiger partial charge in [-0.25, -0.2) is 0 Å². The molecule has 3 N–H and O–H groups in total. The van der Waals surface area contributed by atoms with Gasteiger partial charge in [-0.15, -0.1) is 0 Å². The molecule has 0 saturated carbocycles. The first kappa shape index (κ1) is 14.2. The van der Waals surface area contributed by atoms with Crippen LogP contribution in [0.25, 0.3) is 0 Å². The first-order valence-electron chi connectivity index (χ1n) is 7.27. The van der Waals surface area contributed by atoms with E-state index < -0.39 is 0 Å². The number of benzene rings is 1. The molecule has 1 saturated heterocycles. The summed E-state index contributed by atoms with van der Waals surface area (Å²) in [6.45, 7) is 6.73. The van der Waals surface area contributed by atoms with Crippen molar-refractivity contribution in [3.63, 3.8) is 0 Å². The molecule has 0 amide bonds. The predicted octanol–water partition coefficient (Wildman–Crippen LogP) is 3.08. The van der Waals surface area contributed by atoms with E-state index in [1.165, 1.54) is 24.0 Å². The Hall–Kier alpha value is -1.22. The summed E-state index contributed by atoms with van der Waals surface area (Å²) >= 11 is 0. The van der Waals surface area contributed by atoms with Crippen LogP contribution in [0.5, 0.6) is 5.75 Å². The summed E-state index contributed by atoms with van der Waals surface area (Å²) in [5.41, 5.74) is 9.56. The van der Waals surface area contributed by atoms with E-state index in [0.717, 1.165) is 17.9 Å². The van der Waals surface area contributed by atoms with E-state index in [1.807, 2.05) is 0 Å². The fourth-order valence-corrected chi connectivity index (χ4v) is 3.35. The lowest BCUT2D eigenvalue weighted by atomic mass is 9.81. The number of nitrogens with two attached hydrogens (primary N) is 1. The SMILES string of the molecule is CCc1cc(N)c(OC)cc1C1CC(C)NC(C)C1. The summed E-state index contributed by atoms with van der Waals surface area (Å²) in [6, 6.07) is 5.39. The van der Waals surface area contributed by atoms with Crippen LogP contribution in [0.1, 0.15) is 50.7 Å². The van der Waals surface area contributed by atoms with E-state index in [-0.39, 0.29) is 0 Å². The van der Waals surface area contributed by atoms with Crippen molar-refractivity contribution < 1.29 is 4.74 Å². The maximum absolute atomic E-state index is 6.02. The Bertz CT molecular complexity index is 435. The smallest absolute Gasteiger partial charge is 0.142 e. The standard InChI is InChI=1S/C16H26N2O/c1-5-12-8-15(17)16(19-4)9-14(12)13-6-10(2)18-11(3)7-13/h8-11,13,18H,5-7,17H2,1-4H3. The van der Waals surface area contributed by atoms with Gasteiger partial charge in [0, 0.05) is 12.1 Å². The van der Waals surface area contributed by atoms with E-state index >= 15 is 0 Å². The number of ether oxygens (including phenoxy) is 1. The zero-order valence-electron chi connectivity index (χ0n) is 12.5. The van der Waals surface area contributed by atoms with Crippen LogP contribution in [0, 0.1) is 0 Å². The molecule has 3 heteroatoms. The van der Waals surface area contributed by atoms with Gasteiger partial charge in [-0.1, -0.05) is 6.92 Å². The summed E-state index contributed by atoms with van der Waals surface area (Å²) in [5.74, 6) is 1.42. The lowest BCUT2D eigenvalue weighted by Gasteiger charge is -2.34. The van der Waals surface area contributed by atoms with E-state index in [4.69, 9.17) is 10.5 Å². The molecule has 1 aliphatic heterocycles. The van der Waals surface area contributed by atoms with Gasteiger partial charge in [0.05, 0.1) is 12.8 Å². The van der Waals surface area contributed by atoms with Crippen molar-refractivity contribution in [2.45, 2.75) is 58.0 Å². The van der Waals surface area contributed by atoms with Gasteiger partial charge in [0.2, 0.25) is 0 Å². The average Bonchev–Trinajstić information content (AvgIpc) is 2.37. The van der Waals surface area contributed by atoms with Crippen LogP contribution < -0.4 is 15.8 Å². The van der Waals surface area contributed by atoms with E-state index in [1.54, 1.807) is 7.11 Å². The monoisotopic (exact) mass is 262 g/mol. The maximum atomic E-state index is 6.02. The Labute approximate surface area is 116 Å². The molecule has 0 aliphatic carbocycles. The highest BCUT2D eigenvalue weighted by molar-refractivity contribution is 5.57. The Kier molecular flexibility index (Phi) is 4.35. The molecule has 1 aromatic rings. The normalized spacial score (nSPS) is 27.3. The number of nitrogens with one attached hydrogen (secondary N) is 1. The van der Waals surface area contributed by atoms with Crippen molar-refractivity contribution in [3.05, 3.63) is 23.3 Å². The molecule has 3 nitrogen and oxygen atoms in total. The minimum atomic E-state index is 0.571. The molecule has 2 atom stereocenters. The van der Waals surface area contributed by atoms with Crippen molar-refractivity contribution in [2.75, 3.05) is 12.8 Å².